The minimum atomic E-state index is -0.115. The molecule has 2 aromatic carbocycles. The van der Waals surface area contributed by atoms with E-state index in [1.165, 1.54) is 16.4 Å². The fourth-order valence-electron chi connectivity index (χ4n) is 3.19. The highest BCUT2D eigenvalue weighted by molar-refractivity contribution is 7.99. The molecule has 146 valence electrons. The van der Waals surface area contributed by atoms with Crippen molar-refractivity contribution in [3.63, 3.8) is 0 Å². The van der Waals surface area contributed by atoms with Gasteiger partial charge in [-0.1, -0.05) is 54.2 Å². The summed E-state index contributed by atoms with van der Waals surface area (Å²) < 4.78 is 1.38. The van der Waals surface area contributed by atoms with E-state index in [0.29, 0.717) is 11.0 Å². The number of fused-ring (bicyclic) bond motifs is 1. The van der Waals surface area contributed by atoms with Crippen LogP contribution in [-0.4, -0.2) is 31.5 Å². The molecule has 1 amide bonds. The lowest BCUT2D eigenvalue weighted by molar-refractivity contribution is -0.119. The van der Waals surface area contributed by atoms with Crippen LogP contribution in [0.1, 0.15) is 18.5 Å². The zero-order chi connectivity index (χ0) is 20.2. The molecule has 0 radical (unpaired) electrons. The summed E-state index contributed by atoms with van der Waals surface area (Å²) in [5.74, 6) is 6.69. The van der Waals surface area contributed by atoms with Gasteiger partial charge in [0.2, 0.25) is 11.1 Å². The molecular weight excluding hydrogens is 384 g/mol. The van der Waals surface area contributed by atoms with Crippen molar-refractivity contribution in [3.05, 3.63) is 72.6 Å². The average Bonchev–Trinajstić information content (AvgIpc) is 3.12. The van der Waals surface area contributed by atoms with Gasteiger partial charge in [-0.05, 0) is 35.4 Å². The molecule has 3 N–H and O–H groups in total. The fourth-order valence-corrected chi connectivity index (χ4v) is 3.85. The maximum absolute atomic E-state index is 12.5. The van der Waals surface area contributed by atoms with Gasteiger partial charge in [-0.3, -0.25) is 9.78 Å². The van der Waals surface area contributed by atoms with Gasteiger partial charge >= 0.3 is 0 Å². The van der Waals surface area contributed by atoms with Crippen LogP contribution in [0.4, 0.5) is 0 Å². The molecule has 0 aliphatic carbocycles. The molecule has 0 bridgehead atoms. The molecule has 0 unspecified atom stereocenters. The Morgan fingerprint density at radius 3 is 2.79 bits per heavy atom. The number of benzene rings is 2. The molecule has 0 aliphatic heterocycles. The molecule has 2 heterocycles. The van der Waals surface area contributed by atoms with Gasteiger partial charge in [-0.25, -0.2) is 4.68 Å². The normalized spacial score (nSPS) is 12.0. The summed E-state index contributed by atoms with van der Waals surface area (Å²) in [7, 11) is 0. The molecule has 0 spiro atoms. The van der Waals surface area contributed by atoms with Crippen molar-refractivity contribution in [2.75, 3.05) is 11.6 Å². The summed E-state index contributed by atoms with van der Waals surface area (Å²) >= 11 is 1.24. The largest absolute Gasteiger partial charge is 0.349 e. The van der Waals surface area contributed by atoms with Crippen LogP contribution in [0, 0.1) is 0 Å². The molecule has 4 rings (SSSR count). The SMILES string of the molecule is C[C@H](NC(=O)CSc1nnc(-c2cccnc2)n1N)c1cccc2ccccc12. The van der Waals surface area contributed by atoms with Crippen molar-refractivity contribution >= 4 is 28.4 Å². The number of hydrogen-bond acceptors (Lipinski definition) is 6. The van der Waals surface area contributed by atoms with Crippen LogP contribution in [0.5, 0.6) is 0 Å². The molecule has 1 atom stereocenters. The topological polar surface area (TPSA) is 98.7 Å². The molecule has 7 nitrogen and oxygen atoms in total. The van der Waals surface area contributed by atoms with Crippen molar-refractivity contribution in [2.45, 2.75) is 18.1 Å². The number of hydrogen-bond donors (Lipinski definition) is 2. The number of nitrogen functional groups attached to an aromatic ring is 1. The number of thioether (sulfide) groups is 1. The quantitative estimate of drug-likeness (QED) is 0.378. The highest BCUT2D eigenvalue weighted by Crippen LogP contribution is 2.25. The number of carbonyl (C=O) groups excluding carboxylic acids is 1. The number of nitrogens with two attached hydrogens (primary N) is 1. The zero-order valence-electron chi connectivity index (χ0n) is 15.8. The second kappa shape index (κ2) is 8.32. The second-order valence-corrected chi connectivity index (χ2v) is 7.51. The van der Waals surface area contributed by atoms with Crippen LogP contribution in [0.3, 0.4) is 0 Å². The Labute approximate surface area is 172 Å². The van der Waals surface area contributed by atoms with E-state index in [0.717, 1.165) is 21.9 Å². The van der Waals surface area contributed by atoms with Gasteiger partial charge < -0.3 is 11.2 Å². The van der Waals surface area contributed by atoms with Crippen molar-refractivity contribution in [1.29, 1.82) is 0 Å². The lowest BCUT2D eigenvalue weighted by Crippen LogP contribution is -2.28. The molecule has 29 heavy (non-hydrogen) atoms. The van der Waals surface area contributed by atoms with E-state index < -0.39 is 0 Å². The van der Waals surface area contributed by atoms with Crippen molar-refractivity contribution < 1.29 is 4.79 Å². The van der Waals surface area contributed by atoms with Crippen LogP contribution in [0.25, 0.3) is 22.2 Å². The molecular formula is C21H20N6OS. The average molecular weight is 404 g/mol. The van der Waals surface area contributed by atoms with E-state index in [4.69, 9.17) is 5.84 Å². The first-order valence-electron chi connectivity index (χ1n) is 9.14. The molecule has 8 heteroatoms. The standard InChI is InChI=1S/C21H20N6OS/c1-14(17-10-4-7-15-6-2-3-9-18(15)17)24-19(28)13-29-21-26-25-20(27(21)22)16-8-5-11-23-12-16/h2-12,14H,13,22H2,1H3,(H,24,28)/t14-/m0/s1. The second-order valence-electron chi connectivity index (χ2n) is 6.56. The van der Waals surface area contributed by atoms with Gasteiger partial charge in [-0.2, -0.15) is 0 Å². The fraction of sp³-hybridized carbons (Fsp3) is 0.143. The van der Waals surface area contributed by atoms with E-state index in [9.17, 15) is 4.79 Å². The Morgan fingerprint density at radius 1 is 1.14 bits per heavy atom. The van der Waals surface area contributed by atoms with Crippen LogP contribution in [0.15, 0.2) is 72.1 Å². The van der Waals surface area contributed by atoms with Gasteiger partial charge in [0.15, 0.2) is 5.82 Å². The first kappa shape index (κ1) is 18.9. The smallest absolute Gasteiger partial charge is 0.230 e. The number of nitrogens with zero attached hydrogens (tertiary/aromatic N) is 4. The zero-order valence-corrected chi connectivity index (χ0v) is 16.6. The summed E-state index contributed by atoms with van der Waals surface area (Å²) in [5, 5.41) is 14.0. The summed E-state index contributed by atoms with van der Waals surface area (Å²) in [5.41, 5.74) is 1.85. The van der Waals surface area contributed by atoms with Crippen LogP contribution < -0.4 is 11.2 Å². The molecule has 2 aromatic heterocycles. The van der Waals surface area contributed by atoms with Crippen molar-refractivity contribution in [2.24, 2.45) is 0 Å². The number of rotatable bonds is 6. The van der Waals surface area contributed by atoms with Crippen molar-refractivity contribution in [3.8, 4) is 11.4 Å². The predicted octanol–water partition coefficient (Wildman–Crippen LogP) is 3.18. The Bertz CT molecular complexity index is 1140. The predicted molar refractivity (Wildman–Crippen MR) is 115 cm³/mol. The van der Waals surface area contributed by atoms with E-state index >= 15 is 0 Å². The van der Waals surface area contributed by atoms with E-state index in [-0.39, 0.29) is 17.7 Å². The minimum Gasteiger partial charge on any atom is -0.349 e. The van der Waals surface area contributed by atoms with Gasteiger partial charge in [-0.15, -0.1) is 10.2 Å². The Kier molecular flexibility index (Phi) is 5.44. The maximum Gasteiger partial charge on any atom is 0.230 e. The van der Waals surface area contributed by atoms with E-state index in [2.05, 4.69) is 38.7 Å². The van der Waals surface area contributed by atoms with Gasteiger partial charge in [0.1, 0.15) is 0 Å². The van der Waals surface area contributed by atoms with Crippen molar-refractivity contribution in [1.82, 2.24) is 25.2 Å². The van der Waals surface area contributed by atoms with Gasteiger partial charge in [0.05, 0.1) is 11.8 Å². The van der Waals surface area contributed by atoms with Crippen LogP contribution >= 0.6 is 11.8 Å². The third-order valence-electron chi connectivity index (χ3n) is 4.58. The summed E-state index contributed by atoms with van der Waals surface area (Å²) in [6, 6.07) is 17.8. The Morgan fingerprint density at radius 2 is 1.97 bits per heavy atom. The Hall–Kier alpha value is -3.39. The summed E-state index contributed by atoms with van der Waals surface area (Å²) in [6.07, 6.45) is 3.35. The summed E-state index contributed by atoms with van der Waals surface area (Å²) in [4.78, 5) is 16.5. The first-order chi connectivity index (χ1) is 14.1. The monoisotopic (exact) mass is 404 g/mol. The lowest BCUT2D eigenvalue weighted by atomic mass is 10.00. The van der Waals surface area contributed by atoms with Gasteiger partial charge in [0.25, 0.3) is 0 Å². The van der Waals surface area contributed by atoms with Crippen LogP contribution in [0.2, 0.25) is 0 Å². The number of aromatic nitrogens is 4. The van der Waals surface area contributed by atoms with E-state index in [1.54, 1.807) is 18.5 Å². The highest BCUT2D eigenvalue weighted by atomic mass is 32.2. The van der Waals surface area contributed by atoms with Crippen LogP contribution in [-0.2, 0) is 4.79 Å². The maximum atomic E-state index is 12.5. The van der Waals surface area contributed by atoms with E-state index in [1.807, 2.05) is 37.3 Å². The first-order valence-corrected chi connectivity index (χ1v) is 10.1. The summed E-state index contributed by atoms with van der Waals surface area (Å²) in [6.45, 7) is 1.98. The molecule has 0 saturated carbocycles. The minimum absolute atomic E-state index is 0.0960. The molecule has 0 aliphatic rings. The number of nitrogens with one attached hydrogen (secondary N) is 1. The number of carbonyl (C=O) groups is 1. The lowest BCUT2D eigenvalue weighted by Gasteiger charge is -2.16. The third-order valence-corrected chi connectivity index (χ3v) is 5.53. The molecule has 0 saturated heterocycles. The third kappa shape index (κ3) is 4.07. The van der Waals surface area contributed by atoms with Gasteiger partial charge in [0, 0.05) is 18.0 Å². The number of amides is 1. The highest BCUT2D eigenvalue weighted by Gasteiger charge is 2.16. The molecule has 4 aromatic rings. The molecule has 0 fully saturated rings. The number of pyridine rings is 1. The Balaban J connectivity index is 1.41.